The first-order valence-electron chi connectivity index (χ1n) is 6.96. The number of hydrogen-bond acceptors (Lipinski definition) is 5. The number of carbonyl (C=O) groups is 1. The topological polar surface area (TPSA) is 69.4 Å². The largest absolute Gasteiger partial charge is 0.463 e. The first-order chi connectivity index (χ1) is 11.1. The van der Waals surface area contributed by atoms with Crippen LogP contribution < -0.4 is 0 Å². The highest BCUT2D eigenvalue weighted by atomic mass is 32.2. The molecule has 0 N–H and O–H groups in total. The molecule has 0 saturated carbocycles. The van der Waals surface area contributed by atoms with Crippen molar-refractivity contribution in [2.75, 3.05) is 6.61 Å². The van der Waals surface area contributed by atoms with Gasteiger partial charge >= 0.3 is 5.97 Å². The van der Waals surface area contributed by atoms with Gasteiger partial charge < -0.3 is 4.74 Å². The van der Waals surface area contributed by atoms with E-state index in [1.54, 1.807) is 19.1 Å². The maximum absolute atomic E-state index is 11.8. The van der Waals surface area contributed by atoms with Gasteiger partial charge in [0.2, 0.25) is 0 Å². The molecule has 5 nitrogen and oxygen atoms in total. The minimum atomic E-state index is -0.456. The summed E-state index contributed by atoms with van der Waals surface area (Å²) in [6, 6.07) is 15.6. The fourth-order valence-electron chi connectivity index (χ4n) is 1.83. The van der Waals surface area contributed by atoms with Crippen molar-refractivity contribution in [3.8, 4) is 0 Å². The average Bonchev–Trinajstić information content (AvgIpc) is 2.55. The van der Waals surface area contributed by atoms with Crippen molar-refractivity contribution in [3.05, 3.63) is 76.4 Å². The molecule has 0 amide bonds. The lowest BCUT2D eigenvalue weighted by Crippen LogP contribution is -2.00. The van der Waals surface area contributed by atoms with Crippen LogP contribution in [-0.2, 0) is 9.53 Å². The van der Waals surface area contributed by atoms with E-state index in [1.807, 2.05) is 30.3 Å². The number of hydrogen-bond donors (Lipinski definition) is 0. The van der Waals surface area contributed by atoms with Gasteiger partial charge in [0.1, 0.15) is 0 Å². The molecule has 0 aliphatic heterocycles. The molecule has 2 aromatic rings. The van der Waals surface area contributed by atoms with E-state index in [0.29, 0.717) is 11.5 Å². The zero-order valence-corrected chi connectivity index (χ0v) is 13.3. The van der Waals surface area contributed by atoms with E-state index in [4.69, 9.17) is 4.74 Å². The van der Waals surface area contributed by atoms with E-state index in [2.05, 4.69) is 0 Å². The van der Waals surface area contributed by atoms with Crippen molar-refractivity contribution in [1.29, 1.82) is 0 Å². The Bertz CT molecular complexity index is 711. The number of non-ortho nitro benzene ring substituents is 1. The third kappa shape index (κ3) is 4.96. The smallest absolute Gasteiger partial charge is 0.331 e. The second-order valence-corrected chi connectivity index (χ2v) is 5.60. The molecule has 2 rings (SSSR count). The van der Waals surface area contributed by atoms with Crippen molar-refractivity contribution in [2.24, 2.45) is 0 Å². The lowest BCUT2D eigenvalue weighted by atomic mass is 10.2. The summed E-state index contributed by atoms with van der Waals surface area (Å²) in [6.45, 7) is 2.03. The highest BCUT2D eigenvalue weighted by Crippen LogP contribution is 2.34. The summed E-state index contributed by atoms with van der Waals surface area (Å²) in [6.07, 6.45) is 1.41. The van der Waals surface area contributed by atoms with Gasteiger partial charge in [0.05, 0.1) is 11.5 Å². The van der Waals surface area contributed by atoms with Gasteiger partial charge in [-0.25, -0.2) is 4.79 Å². The van der Waals surface area contributed by atoms with Crippen LogP contribution in [0.5, 0.6) is 0 Å². The summed E-state index contributed by atoms with van der Waals surface area (Å²) in [4.78, 5) is 23.7. The summed E-state index contributed by atoms with van der Waals surface area (Å²) in [5.74, 6) is -0.440. The Morgan fingerprint density at radius 3 is 2.39 bits per heavy atom. The average molecular weight is 329 g/mol. The fourth-order valence-corrected chi connectivity index (χ4v) is 2.78. The normalized spacial score (nSPS) is 11.1. The van der Waals surface area contributed by atoms with Gasteiger partial charge in [0, 0.05) is 28.0 Å². The highest BCUT2D eigenvalue weighted by molar-refractivity contribution is 8.08. The van der Waals surface area contributed by atoms with Crippen LogP contribution in [0.15, 0.2) is 65.6 Å². The van der Waals surface area contributed by atoms with Crippen LogP contribution in [0.1, 0.15) is 12.5 Å². The molecule has 0 heterocycles. The van der Waals surface area contributed by atoms with E-state index >= 15 is 0 Å². The Kier molecular flexibility index (Phi) is 5.94. The summed E-state index contributed by atoms with van der Waals surface area (Å²) in [7, 11) is 0. The minimum absolute atomic E-state index is 0.00828. The van der Waals surface area contributed by atoms with Gasteiger partial charge in [-0.05, 0) is 36.8 Å². The Morgan fingerprint density at radius 1 is 1.17 bits per heavy atom. The number of thioether (sulfide) groups is 1. The number of nitro benzene ring substituents is 1. The van der Waals surface area contributed by atoms with Crippen LogP contribution in [0.25, 0.3) is 4.91 Å². The van der Waals surface area contributed by atoms with Crippen LogP contribution in [-0.4, -0.2) is 17.5 Å². The van der Waals surface area contributed by atoms with Gasteiger partial charge in [-0.15, -0.1) is 0 Å². The number of rotatable bonds is 6. The van der Waals surface area contributed by atoms with Crippen molar-refractivity contribution in [3.63, 3.8) is 0 Å². The lowest BCUT2D eigenvalue weighted by Gasteiger charge is -2.08. The van der Waals surface area contributed by atoms with Crippen molar-refractivity contribution in [2.45, 2.75) is 11.8 Å². The third-order valence-electron chi connectivity index (χ3n) is 2.87. The van der Waals surface area contributed by atoms with Gasteiger partial charge in [0.25, 0.3) is 5.69 Å². The Balaban J connectivity index is 2.32. The van der Waals surface area contributed by atoms with E-state index in [-0.39, 0.29) is 5.69 Å². The minimum Gasteiger partial charge on any atom is -0.463 e. The van der Waals surface area contributed by atoms with Gasteiger partial charge in [-0.1, -0.05) is 30.0 Å². The van der Waals surface area contributed by atoms with E-state index < -0.39 is 10.9 Å². The first kappa shape index (κ1) is 16.8. The predicted octanol–water partition coefficient (Wildman–Crippen LogP) is 4.29. The molecule has 0 fully saturated rings. The molecule has 0 aromatic heterocycles. The molecule has 0 bridgehead atoms. The number of nitro groups is 1. The maximum Gasteiger partial charge on any atom is 0.331 e. The maximum atomic E-state index is 11.8. The predicted molar refractivity (Wildman–Crippen MR) is 90.0 cm³/mol. The quantitative estimate of drug-likeness (QED) is 0.260. The molecule has 0 aliphatic rings. The third-order valence-corrected chi connectivity index (χ3v) is 3.95. The molecule has 0 unspecified atom stereocenters. The van der Waals surface area contributed by atoms with Crippen LogP contribution in [0.3, 0.4) is 0 Å². The molecule has 0 atom stereocenters. The summed E-state index contributed by atoms with van der Waals surface area (Å²) < 4.78 is 4.96. The number of esters is 1. The SMILES string of the molecule is CCOC(=O)/C=C(/Sc1ccccc1)c1ccc([N+](=O)[O-])cc1. The van der Waals surface area contributed by atoms with E-state index in [9.17, 15) is 14.9 Å². The van der Waals surface area contributed by atoms with Crippen molar-refractivity contribution in [1.82, 2.24) is 0 Å². The molecular formula is C17H15NO4S. The van der Waals surface area contributed by atoms with Crippen molar-refractivity contribution >= 4 is 28.3 Å². The Hall–Kier alpha value is -2.60. The Labute approximate surface area is 138 Å². The summed E-state index contributed by atoms with van der Waals surface area (Å²) in [5.41, 5.74) is 0.728. The van der Waals surface area contributed by atoms with Crippen LogP contribution >= 0.6 is 11.8 Å². The molecule has 0 saturated heterocycles. The van der Waals surface area contributed by atoms with Crippen LogP contribution in [0.4, 0.5) is 5.69 Å². The monoisotopic (exact) mass is 329 g/mol. The van der Waals surface area contributed by atoms with Crippen LogP contribution in [0, 0.1) is 10.1 Å². The highest BCUT2D eigenvalue weighted by Gasteiger charge is 2.10. The van der Waals surface area contributed by atoms with Crippen molar-refractivity contribution < 1.29 is 14.5 Å². The second kappa shape index (κ2) is 8.14. The van der Waals surface area contributed by atoms with E-state index in [0.717, 1.165) is 10.5 Å². The molecule has 0 spiro atoms. The lowest BCUT2D eigenvalue weighted by molar-refractivity contribution is -0.384. The molecule has 23 heavy (non-hydrogen) atoms. The molecule has 2 aromatic carbocycles. The zero-order chi connectivity index (χ0) is 16.7. The molecular weight excluding hydrogens is 314 g/mol. The van der Waals surface area contributed by atoms with Crippen LogP contribution in [0.2, 0.25) is 0 Å². The fraction of sp³-hybridized carbons (Fsp3) is 0.118. The second-order valence-electron chi connectivity index (χ2n) is 4.48. The molecule has 6 heteroatoms. The number of carbonyl (C=O) groups excluding carboxylic acids is 1. The molecule has 0 radical (unpaired) electrons. The van der Waals surface area contributed by atoms with Gasteiger partial charge in [-0.3, -0.25) is 10.1 Å². The molecule has 0 aliphatic carbocycles. The number of benzene rings is 2. The zero-order valence-electron chi connectivity index (χ0n) is 12.5. The van der Waals surface area contributed by atoms with Gasteiger partial charge in [0.15, 0.2) is 0 Å². The standard InChI is InChI=1S/C17H15NO4S/c1-2-22-17(19)12-16(23-15-6-4-3-5-7-15)13-8-10-14(11-9-13)18(20)21/h3-12H,2H2,1H3/b16-12+. The number of ether oxygens (including phenoxy) is 1. The molecule has 118 valence electrons. The summed E-state index contributed by atoms with van der Waals surface area (Å²) in [5, 5.41) is 10.7. The Morgan fingerprint density at radius 2 is 1.83 bits per heavy atom. The van der Waals surface area contributed by atoms with E-state index in [1.165, 1.54) is 30.0 Å². The van der Waals surface area contributed by atoms with Gasteiger partial charge in [-0.2, -0.15) is 0 Å². The number of nitrogens with zero attached hydrogens (tertiary/aromatic N) is 1. The summed E-state index contributed by atoms with van der Waals surface area (Å²) >= 11 is 1.40. The first-order valence-corrected chi connectivity index (χ1v) is 7.78.